The van der Waals surface area contributed by atoms with Crippen LogP contribution in [-0.4, -0.2) is 96.7 Å². The summed E-state index contributed by atoms with van der Waals surface area (Å²) in [4.78, 5) is 72.9. The predicted molar refractivity (Wildman–Crippen MR) is 408 cm³/mol. The largest absolute Gasteiger partial charge is 0.472 e. The summed E-state index contributed by atoms with van der Waals surface area (Å²) in [7, 11) is -9.97. The van der Waals surface area contributed by atoms with Gasteiger partial charge < -0.3 is 33.8 Å². The molecule has 100 heavy (non-hydrogen) atoms. The van der Waals surface area contributed by atoms with Gasteiger partial charge in [0.25, 0.3) is 0 Å². The van der Waals surface area contributed by atoms with Gasteiger partial charge in [-0.15, -0.1) is 0 Å². The number of hydrogen-bond donors (Lipinski definition) is 3. The lowest BCUT2D eigenvalue weighted by molar-refractivity contribution is -0.161. The Labute approximate surface area is 606 Å². The molecule has 0 radical (unpaired) electrons. The van der Waals surface area contributed by atoms with Gasteiger partial charge in [0.1, 0.15) is 19.3 Å². The summed E-state index contributed by atoms with van der Waals surface area (Å²) in [6, 6.07) is 0. The Bertz CT molecular complexity index is 2370. The van der Waals surface area contributed by atoms with Gasteiger partial charge in [0.2, 0.25) is 0 Å². The fourth-order valence-corrected chi connectivity index (χ4v) is 11.6. The molecule has 0 aliphatic carbocycles. The third-order valence-corrected chi connectivity index (χ3v) is 17.8. The lowest BCUT2D eigenvalue weighted by Crippen LogP contribution is -2.30. The van der Waals surface area contributed by atoms with E-state index < -0.39 is 97.5 Å². The van der Waals surface area contributed by atoms with Crippen LogP contribution in [0.25, 0.3) is 0 Å². The van der Waals surface area contributed by atoms with Gasteiger partial charge in [-0.3, -0.25) is 37.3 Å². The van der Waals surface area contributed by atoms with E-state index in [1.807, 2.05) is 12.2 Å². The normalized spacial score (nSPS) is 14.6. The van der Waals surface area contributed by atoms with Crippen LogP contribution >= 0.6 is 15.6 Å². The van der Waals surface area contributed by atoms with Crippen LogP contribution in [0.15, 0.2) is 122 Å². The summed E-state index contributed by atoms with van der Waals surface area (Å²) >= 11 is 0. The summed E-state index contributed by atoms with van der Waals surface area (Å²) in [5.74, 6) is -2.26. The van der Waals surface area contributed by atoms with Crippen LogP contribution in [0.4, 0.5) is 0 Å². The van der Waals surface area contributed by atoms with Crippen LogP contribution in [0.1, 0.15) is 310 Å². The molecule has 3 N–H and O–H groups in total. The van der Waals surface area contributed by atoms with E-state index >= 15 is 0 Å². The van der Waals surface area contributed by atoms with E-state index in [0.29, 0.717) is 32.1 Å². The van der Waals surface area contributed by atoms with Crippen molar-refractivity contribution < 1.29 is 80.2 Å². The first-order valence-electron chi connectivity index (χ1n) is 38.8. The molecule has 17 nitrogen and oxygen atoms in total. The Balaban J connectivity index is 5.38. The molecule has 19 heteroatoms. The molecule has 5 unspecified atom stereocenters. The van der Waals surface area contributed by atoms with Crippen LogP contribution in [-0.2, 0) is 65.4 Å². The number of aliphatic hydroxyl groups is 1. The highest BCUT2D eigenvalue weighted by molar-refractivity contribution is 7.47. The Hall–Kier alpha value is -4.54. The SMILES string of the molecule is CC/C=C\C/C=C\C/C=C\C/C=C\C/C=C\CCCC(=O)OCC(COP(=O)(O)OCC(O)COP(=O)(O)OCC(COC(=O)CCCCCCCCC/C=C\C/C=C\C/C=C\CC)OC(=O)CCCCCCC/C=C\C/C=C\CCCCC)OC(=O)CCCCCCCCCCCCC. The molecule has 0 fully saturated rings. The van der Waals surface area contributed by atoms with Gasteiger partial charge in [-0.25, -0.2) is 9.13 Å². The first kappa shape index (κ1) is 95.5. The Morgan fingerprint density at radius 3 is 0.860 bits per heavy atom. The van der Waals surface area contributed by atoms with Crippen molar-refractivity contribution in [1.82, 2.24) is 0 Å². The number of carbonyl (C=O) groups is 4. The first-order chi connectivity index (χ1) is 48.7. The lowest BCUT2D eigenvalue weighted by Gasteiger charge is -2.21. The Morgan fingerprint density at radius 1 is 0.290 bits per heavy atom. The second-order valence-corrected chi connectivity index (χ2v) is 28.4. The number of ether oxygens (including phenoxy) is 4. The summed E-state index contributed by atoms with van der Waals surface area (Å²) in [6.45, 7) is 4.54. The van der Waals surface area contributed by atoms with Crippen LogP contribution in [0.3, 0.4) is 0 Å². The molecule has 0 aromatic rings. The van der Waals surface area contributed by atoms with Crippen LogP contribution in [0.2, 0.25) is 0 Å². The van der Waals surface area contributed by atoms with Gasteiger partial charge >= 0.3 is 39.5 Å². The van der Waals surface area contributed by atoms with E-state index in [-0.39, 0.29) is 25.7 Å². The zero-order valence-electron chi connectivity index (χ0n) is 62.6. The highest BCUT2D eigenvalue weighted by Gasteiger charge is 2.30. The highest BCUT2D eigenvalue weighted by Crippen LogP contribution is 2.45. The first-order valence-corrected chi connectivity index (χ1v) is 41.8. The summed E-state index contributed by atoms with van der Waals surface area (Å²) < 4.78 is 68.4. The highest BCUT2D eigenvalue weighted by atomic mass is 31.2. The number of aliphatic hydroxyl groups excluding tert-OH is 1. The minimum atomic E-state index is -4.99. The summed E-state index contributed by atoms with van der Waals surface area (Å²) in [6.07, 6.45) is 79.1. The van der Waals surface area contributed by atoms with Crippen molar-refractivity contribution in [2.45, 2.75) is 329 Å². The minimum Gasteiger partial charge on any atom is -0.462 e. The number of esters is 4. The average Bonchev–Trinajstić information content (AvgIpc) is 0.989. The summed E-state index contributed by atoms with van der Waals surface area (Å²) in [5, 5.41) is 10.6. The standard InChI is InChI=1S/C81H138O17P2/c1-5-9-13-17-21-25-29-32-35-37-40-42-46-49-53-57-61-65-78(83)91-71-76(97-80(85)67-63-59-55-51-45-28-24-20-16-12-8-4)73-95-99(87,88)93-69-75(82)70-94-100(89,90)96-74-77(98-81(86)68-64-60-56-52-48-44-39-34-31-27-23-19-15-11-7-3)72-92-79(84)66-62-58-54-50-47-43-41-38-36-33-30-26-22-18-14-10-6-2/h9-10,13-14,21-23,25-27,32-36,39-40,42,49,53,75-77,82H,5-8,11-12,15-20,24,28-31,37-38,41,43-48,50-52,54-74H2,1-4H3,(H,87,88)(H,89,90)/b13-9-,14-10-,25-21-,26-22-,27-23-,35-32-,36-33-,39-34-,42-40-,53-49-. The van der Waals surface area contributed by atoms with Crippen molar-refractivity contribution in [3.8, 4) is 0 Å². The van der Waals surface area contributed by atoms with E-state index in [1.54, 1.807) is 0 Å². The lowest BCUT2D eigenvalue weighted by atomic mass is 10.1. The molecule has 0 aliphatic rings. The third kappa shape index (κ3) is 71.8. The zero-order chi connectivity index (χ0) is 73.2. The fraction of sp³-hybridized carbons (Fsp3) is 0.704. The number of carbonyl (C=O) groups excluding carboxylic acids is 4. The van der Waals surface area contributed by atoms with Crippen LogP contribution in [0.5, 0.6) is 0 Å². The van der Waals surface area contributed by atoms with Gasteiger partial charge in [0.15, 0.2) is 12.2 Å². The maximum atomic E-state index is 13.1. The van der Waals surface area contributed by atoms with Gasteiger partial charge in [0.05, 0.1) is 26.4 Å². The van der Waals surface area contributed by atoms with Crippen LogP contribution in [0, 0.1) is 0 Å². The monoisotopic (exact) mass is 1440 g/mol. The maximum Gasteiger partial charge on any atom is 0.472 e. The molecule has 0 bridgehead atoms. The smallest absolute Gasteiger partial charge is 0.462 e. The third-order valence-electron chi connectivity index (χ3n) is 15.9. The van der Waals surface area contributed by atoms with E-state index in [0.717, 1.165) is 167 Å². The van der Waals surface area contributed by atoms with Crippen molar-refractivity contribution >= 4 is 39.5 Å². The second-order valence-electron chi connectivity index (χ2n) is 25.5. The van der Waals surface area contributed by atoms with E-state index in [4.69, 9.17) is 37.0 Å². The fourth-order valence-electron chi connectivity index (χ4n) is 10.1. The minimum absolute atomic E-state index is 0.0742. The summed E-state index contributed by atoms with van der Waals surface area (Å²) in [5.41, 5.74) is 0. The zero-order valence-corrected chi connectivity index (χ0v) is 64.4. The molecular weight excluding hydrogens is 1310 g/mol. The molecule has 0 rings (SSSR count). The van der Waals surface area contributed by atoms with E-state index in [9.17, 15) is 43.2 Å². The number of phosphoric ester groups is 2. The van der Waals surface area contributed by atoms with Gasteiger partial charge in [0, 0.05) is 25.7 Å². The Kier molecular flexibility index (Phi) is 69.5. The average molecular weight is 1450 g/mol. The second kappa shape index (κ2) is 72.8. The number of allylic oxidation sites excluding steroid dienone is 20. The van der Waals surface area contributed by atoms with E-state index in [1.165, 1.54) is 57.8 Å². The Morgan fingerprint density at radius 2 is 0.530 bits per heavy atom. The topological polar surface area (TPSA) is 237 Å². The molecular formula is C81H138O17P2. The predicted octanol–water partition coefficient (Wildman–Crippen LogP) is 22.3. The van der Waals surface area contributed by atoms with Crippen molar-refractivity contribution in [2.24, 2.45) is 0 Å². The number of hydrogen-bond acceptors (Lipinski definition) is 15. The van der Waals surface area contributed by atoms with Crippen molar-refractivity contribution in [2.75, 3.05) is 39.6 Å². The van der Waals surface area contributed by atoms with Gasteiger partial charge in [-0.1, -0.05) is 278 Å². The molecule has 0 amide bonds. The quantitative estimate of drug-likeness (QED) is 0.0169. The molecule has 0 spiro atoms. The molecule has 574 valence electrons. The van der Waals surface area contributed by atoms with Crippen LogP contribution < -0.4 is 0 Å². The number of phosphoric acid groups is 2. The molecule has 0 saturated carbocycles. The van der Waals surface area contributed by atoms with Gasteiger partial charge in [-0.2, -0.15) is 0 Å². The molecule has 0 aromatic heterocycles. The van der Waals surface area contributed by atoms with Crippen molar-refractivity contribution in [1.29, 1.82) is 0 Å². The molecule has 0 aliphatic heterocycles. The van der Waals surface area contributed by atoms with Crippen molar-refractivity contribution in [3.63, 3.8) is 0 Å². The number of rotatable bonds is 72. The molecule has 0 saturated heterocycles. The van der Waals surface area contributed by atoms with E-state index in [2.05, 4.69) is 137 Å². The van der Waals surface area contributed by atoms with Gasteiger partial charge in [-0.05, 0) is 128 Å². The molecule has 5 atom stereocenters. The maximum absolute atomic E-state index is 13.1. The van der Waals surface area contributed by atoms with Crippen molar-refractivity contribution in [3.05, 3.63) is 122 Å². The molecule has 0 aromatic carbocycles. The number of unbranched alkanes of at least 4 members (excludes halogenated alkanes) is 26. The molecule has 0 heterocycles.